The molecule has 0 spiro atoms. The van der Waals surface area contributed by atoms with Gasteiger partial charge in [0.15, 0.2) is 0 Å². The van der Waals surface area contributed by atoms with Crippen molar-refractivity contribution in [3.63, 3.8) is 0 Å². The Morgan fingerprint density at radius 1 is 1.25 bits per heavy atom. The van der Waals surface area contributed by atoms with Crippen molar-refractivity contribution in [3.8, 4) is 0 Å². The van der Waals surface area contributed by atoms with Crippen molar-refractivity contribution in [3.05, 3.63) is 35.4 Å². The molecule has 0 radical (unpaired) electrons. The van der Waals surface area contributed by atoms with Crippen LogP contribution in [0.4, 0.5) is 0 Å². The van der Waals surface area contributed by atoms with Crippen LogP contribution in [0.1, 0.15) is 49.8 Å². The monoisotopic (exact) mass is 275 g/mol. The second-order valence-electron chi connectivity index (χ2n) is 6.10. The smallest absolute Gasteiger partial charge is 0.306 e. The molecule has 2 rings (SSSR count). The van der Waals surface area contributed by atoms with Crippen molar-refractivity contribution in [1.29, 1.82) is 0 Å². The number of carbonyl (C=O) groups is 1. The summed E-state index contributed by atoms with van der Waals surface area (Å²) < 4.78 is 0. The molecular weight excluding hydrogens is 250 g/mol. The van der Waals surface area contributed by atoms with Crippen molar-refractivity contribution < 1.29 is 9.90 Å². The number of hydrogen-bond donors (Lipinski definition) is 2. The molecular formula is C17H25NO2. The molecule has 0 amide bonds. The van der Waals surface area contributed by atoms with Crippen molar-refractivity contribution in [2.75, 3.05) is 6.54 Å². The van der Waals surface area contributed by atoms with Crippen LogP contribution in [0.2, 0.25) is 0 Å². The highest BCUT2D eigenvalue weighted by molar-refractivity contribution is 5.69. The van der Waals surface area contributed by atoms with Crippen LogP contribution in [-0.4, -0.2) is 17.6 Å². The molecule has 0 saturated heterocycles. The molecule has 1 aromatic carbocycles. The summed E-state index contributed by atoms with van der Waals surface area (Å²) in [5, 5.41) is 12.6. The van der Waals surface area contributed by atoms with Gasteiger partial charge in [-0.2, -0.15) is 0 Å². The zero-order valence-electron chi connectivity index (χ0n) is 12.4. The maximum atomic E-state index is 10.9. The largest absolute Gasteiger partial charge is 0.481 e. The molecule has 20 heavy (non-hydrogen) atoms. The van der Waals surface area contributed by atoms with Crippen LogP contribution < -0.4 is 5.32 Å². The van der Waals surface area contributed by atoms with E-state index in [1.54, 1.807) is 0 Å². The van der Waals surface area contributed by atoms with Gasteiger partial charge in [-0.15, -0.1) is 0 Å². The minimum Gasteiger partial charge on any atom is -0.481 e. The van der Waals surface area contributed by atoms with Crippen LogP contribution in [0.3, 0.4) is 0 Å². The number of rotatable bonds is 5. The van der Waals surface area contributed by atoms with E-state index in [-0.39, 0.29) is 5.92 Å². The first-order valence-corrected chi connectivity index (χ1v) is 7.59. The van der Waals surface area contributed by atoms with Gasteiger partial charge in [-0.1, -0.05) is 29.8 Å². The van der Waals surface area contributed by atoms with Crippen LogP contribution in [-0.2, 0) is 4.79 Å². The quantitative estimate of drug-likeness (QED) is 0.864. The topological polar surface area (TPSA) is 49.3 Å². The Labute approximate surface area is 121 Å². The molecule has 1 unspecified atom stereocenters. The summed E-state index contributed by atoms with van der Waals surface area (Å²) >= 11 is 0. The van der Waals surface area contributed by atoms with Crippen LogP contribution in [0.15, 0.2) is 24.3 Å². The summed E-state index contributed by atoms with van der Waals surface area (Å²) in [6, 6.07) is 8.99. The standard InChI is InChI=1S/C17H25NO2/c1-12-3-7-15(8-4-12)13(2)18-11-14-5-9-16(10-6-14)17(19)20/h3-4,7-8,13-14,16,18H,5-6,9-11H2,1-2H3,(H,19,20). The lowest BCUT2D eigenvalue weighted by Gasteiger charge is -2.27. The molecule has 0 heterocycles. The van der Waals surface area contributed by atoms with Gasteiger partial charge in [0.2, 0.25) is 0 Å². The van der Waals surface area contributed by atoms with Gasteiger partial charge in [0.05, 0.1) is 5.92 Å². The van der Waals surface area contributed by atoms with E-state index in [1.165, 1.54) is 11.1 Å². The third kappa shape index (κ3) is 4.07. The normalized spacial score (nSPS) is 24.3. The van der Waals surface area contributed by atoms with E-state index in [0.29, 0.717) is 12.0 Å². The molecule has 3 heteroatoms. The van der Waals surface area contributed by atoms with Gasteiger partial charge in [0, 0.05) is 6.04 Å². The minimum absolute atomic E-state index is 0.110. The summed E-state index contributed by atoms with van der Waals surface area (Å²) in [6.07, 6.45) is 3.73. The number of carboxylic acids is 1. The zero-order chi connectivity index (χ0) is 14.5. The zero-order valence-corrected chi connectivity index (χ0v) is 12.4. The molecule has 0 aromatic heterocycles. The van der Waals surface area contributed by atoms with Gasteiger partial charge in [-0.25, -0.2) is 0 Å². The maximum Gasteiger partial charge on any atom is 0.306 e. The first kappa shape index (κ1) is 15.0. The highest BCUT2D eigenvalue weighted by atomic mass is 16.4. The Morgan fingerprint density at radius 2 is 1.85 bits per heavy atom. The second-order valence-corrected chi connectivity index (χ2v) is 6.10. The molecule has 1 aliphatic carbocycles. The van der Waals surface area contributed by atoms with Crippen molar-refractivity contribution in [2.24, 2.45) is 11.8 Å². The summed E-state index contributed by atoms with van der Waals surface area (Å²) in [6.45, 7) is 5.28. The molecule has 1 atom stereocenters. The van der Waals surface area contributed by atoms with Gasteiger partial charge in [-0.3, -0.25) is 4.79 Å². The van der Waals surface area contributed by atoms with E-state index in [0.717, 1.165) is 32.2 Å². The van der Waals surface area contributed by atoms with Crippen molar-refractivity contribution in [2.45, 2.75) is 45.6 Å². The van der Waals surface area contributed by atoms with Crippen LogP contribution in [0.5, 0.6) is 0 Å². The van der Waals surface area contributed by atoms with Gasteiger partial charge < -0.3 is 10.4 Å². The Balaban J connectivity index is 1.75. The van der Waals surface area contributed by atoms with Crippen LogP contribution in [0, 0.1) is 18.8 Å². The third-order valence-electron chi connectivity index (χ3n) is 4.49. The Hall–Kier alpha value is -1.35. The van der Waals surface area contributed by atoms with E-state index in [1.807, 2.05) is 0 Å². The molecule has 0 bridgehead atoms. The van der Waals surface area contributed by atoms with Gasteiger partial charge in [-0.05, 0) is 57.6 Å². The maximum absolute atomic E-state index is 10.9. The summed E-state index contributed by atoms with van der Waals surface area (Å²) in [4.78, 5) is 10.9. The van der Waals surface area contributed by atoms with Gasteiger partial charge in [0.25, 0.3) is 0 Å². The Morgan fingerprint density at radius 3 is 2.40 bits per heavy atom. The summed E-state index contributed by atoms with van der Waals surface area (Å²) in [5.41, 5.74) is 2.60. The summed E-state index contributed by atoms with van der Waals surface area (Å²) in [7, 11) is 0. The molecule has 0 aliphatic heterocycles. The fraction of sp³-hybridized carbons (Fsp3) is 0.588. The second kappa shape index (κ2) is 6.89. The van der Waals surface area contributed by atoms with E-state index in [2.05, 4.69) is 43.4 Å². The molecule has 1 fully saturated rings. The van der Waals surface area contributed by atoms with E-state index < -0.39 is 5.97 Å². The Bertz CT molecular complexity index is 433. The predicted octanol–water partition coefficient (Wildman–Crippen LogP) is 3.54. The molecule has 2 N–H and O–H groups in total. The minimum atomic E-state index is -0.621. The SMILES string of the molecule is Cc1ccc(C(C)NCC2CCC(C(=O)O)CC2)cc1. The van der Waals surface area contributed by atoms with Crippen LogP contribution in [0.25, 0.3) is 0 Å². The van der Waals surface area contributed by atoms with E-state index in [4.69, 9.17) is 5.11 Å². The molecule has 1 aliphatic rings. The fourth-order valence-electron chi connectivity index (χ4n) is 2.93. The summed E-state index contributed by atoms with van der Waals surface area (Å²) in [5.74, 6) is -0.108. The molecule has 110 valence electrons. The Kier molecular flexibility index (Phi) is 5.18. The highest BCUT2D eigenvalue weighted by Crippen LogP contribution is 2.29. The van der Waals surface area contributed by atoms with Crippen LogP contribution >= 0.6 is 0 Å². The van der Waals surface area contributed by atoms with Gasteiger partial charge in [0.1, 0.15) is 0 Å². The molecule has 1 saturated carbocycles. The average molecular weight is 275 g/mol. The number of carboxylic acid groups (broad SMARTS) is 1. The number of aliphatic carboxylic acids is 1. The number of benzene rings is 1. The lowest BCUT2D eigenvalue weighted by atomic mass is 9.82. The van der Waals surface area contributed by atoms with E-state index in [9.17, 15) is 4.79 Å². The lowest BCUT2D eigenvalue weighted by molar-refractivity contribution is -0.143. The fourth-order valence-corrected chi connectivity index (χ4v) is 2.93. The number of hydrogen-bond acceptors (Lipinski definition) is 2. The van der Waals surface area contributed by atoms with Gasteiger partial charge >= 0.3 is 5.97 Å². The highest BCUT2D eigenvalue weighted by Gasteiger charge is 2.25. The number of aryl methyl sites for hydroxylation is 1. The molecule has 3 nitrogen and oxygen atoms in total. The predicted molar refractivity (Wildman–Crippen MR) is 80.7 cm³/mol. The van der Waals surface area contributed by atoms with E-state index >= 15 is 0 Å². The third-order valence-corrected chi connectivity index (χ3v) is 4.49. The first-order chi connectivity index (χ1) is 9.56. The van der Waals surface area contributed by atoms with Crippen molar-refractivity contribution in [1.82, 2.24) is 5.32 Å². The first-order valence-electron chi connectivity index (χ1n) is 7.59. The molecule has 1 aromatic rings. The van der Waals surface area contributed by atoms with Crippen molar-refractivity contribution >= 4 is 5.97 Å². The average Bonchev–Trinajstić information content (AvgIpc) is 2.46. The number of nitrogens with one attached hydrogen (secondary N) is 1. The lowest BCUT2D eigenvalue weighted by Crippen LogP contribution is -2.30.